The summed E-state index contributed by atoms with van der Waals surface area (Å²) in [6, 6.07) is 14.5. The van der Waals surface area contributed by atoms with E-state index < -0.39 is 0 Å². The lowest BCUT2D eigenvalue weighted by Crippen LogP contribution is -1.80. The van der Waals surface area contributed by atoms with E-state index in [4.69, 9.17) is 0 Å². The molecule has 102 valence electrons. The van der Waals surface area contributed by atoms with E-state index in [1.54, 1.807) is 18.3 Å². The Morgan fingerprint density at radius 2 is 2.00 bits per heavy atom. The number of ether oxygens (including phenoxy) is 1. The van der Waals surface area contributed by atoms with Crippen molar-refractivity contribution in [1.29, 1.82) is 0 Å². The molecule has 0 bridgehead atoms. The van der Waals surface area contributed by atoms with Crippen molar-refractivity contribution in [3.63, 3.8) is 0 Å². The maximum atomic E-state index is 9.18. The van der Waals surface area contributed by atoms with Crippen LogP contribution in [0.1, 0.15) is 6.92 Å². The molecule has 2 heterocycles. The van der Waals surface area contributed by atoms with Gasteiger partial charge in [-0.3, -0.25) is 4.79 Å². The van der Waals surface area contributed by atoms with Gasteiger partial charge < -0.3 is 4.74 Å². The van der Waals surface area contributed by atoms with E-state index in [0.717, 1.165) is 4.83 Å². The van der Waals surface area contributed by atoms with Crippen LogP contribution in [0.3, 0.4) is 0 Å². The standard InChI is InChI=1S/C13H9NS.C3H6O2/c1-2-5-10(6-3-1)12-9-15-13-11(12)7-4-8-14-13;1-2-5-3-4/h1-9H;3H,2H2,1H3. The molecule has 0 saturated carbocycles. The summed E-state index contributed by atoms with van der Waals surface area (Å²) >= 11 is 1.70. The molecule has 0 fully saturated rings. The van der Waals surface area contributed by atoms with Gasteiger partial charge in [-0.2, -0.15) is 0 Å². The van der Waals surface area contributed by atoms with E-state index in [2.05, 4.69) is 45.4 Å². The lowest BCUT2D eigenvalue weighted by atomic mass is 10.1. The van der Waals surface area contributed by atoms with Crippen LogP contribution in [-0.4, -0.2) is 18.1 Å². The summed E-state index contributed by atoms with van der Waals surface area (Å²) in [4.78, 5) is 14.6. The number of fused-ring (bicyclic) bond motifs is 1. The highest BCUT2D eigenvalue weighted by Crippen LogP contribution is 2.32. The SMILES string of the molecule is CCOC=O.c1ccc(-c2csc3ncccc23)cc1. The molecule has 0 aliphatic carbocycles. The van der Waals surface area contributed by atoms with Crippen molar-refractivity contribution in [2.45, 2.75) is 6.92 Å². The first-order valence-electron chi connectivity index (χ1n) is 6.29. The highest BCUT2D eigenvalue weighted by Gasteiger charge is 2.05. The molecule has 0 spiro atoms. The first-order valence-corrected chi connectivity index (χ1v) is 7.17. The van der Waals surface area contributed by atoms with Gasteiger partial charge >= 0.3 is 0 Å². The number of nitrogens with zero attached hydrogens (tertiary/aromatic N) is 1. The second kappa shape index (κ2) is 7.40. The van der Waals surface area contributed by atoms with Crippen molar-refractivity contribution in [3.05, 3.63) is 54.0 Å². The highest BCUT2D eigenvalue weighted by molar-refractivity contribution is 7.17. The molecular weight excluding hydrogens is 270 g/mol. The quantitative estimate of drug-likeness (QED) is 0.679. The van der Waals surface area contributed by atoms with Crippen LogP contribution < -0.4 is 0 Å². The van der Waals surface area contributed by atoms with Crippen LogP contribution in [0.5, 0.6) is 0 Å². The van der Waals surface area contributed by atoms with E-state index in [0.29, 0.717) is 13.1 Å². The van der Waals surface area contributed by atoms with Crippen molar-refractivity contribution < 1.29 is 9.53 Å². The van der Waals surface area contributed by atoms with Crippen LogP contribution in [-0.2, 0) is 9.53 Å². The number of rotatable bonds is 3. The summed E-state index contributed by atoms with van der Waals surface area (Å²) in [5, 5.41) is 3.42. The molecule has 2 aromatic heterocycles. The van der Waals surface area contributed by atoms with E-state index >= 15 is 0 Å². The Labute approximate surface area is 121 Å². The fourth-order valence-corrected chi connectivity index (χ4v) is 2.70. The average Bonchev–Trinajstić information content (AvgIpc) is 2.94. The molecular formula is C16H15NO2S. The lowest BCUT2D eigenvalue weighted by molar-refractivity contribution is -0.128. The van der Waals surface area contributed by atoms with Gasteiger partial charge in [-0.15, -0.1) is 11.3 Å². The molecule has 3 nitrogen and oxygen atoms in total. The maximum absolute atomic E-state index is 9.18. The number of benzene rings is 1. The van der Waals surface area contributed by atoms with Gasteiger partial charge in [0.2, 0.25) is 0 Å². The van der Waals surface area contributed by atoms with Crippen molar-refractivity contribution in [1.82, 2.24) is 4.98 Å². The number of carbonyl (C=O) groups is 1. The molecule has 0 atom stereocenters. The van der Waals surface area contributed by atoms with Gasteiger partial charge in [-0.25, -0.2) is 4.98 Å². The van der Waals surface area contributed by atoms with E-state index in [1.165, 1.54) is 16.5 Å². The highest BCUT2D eigenvalue weighted by atomic mass is 32.1. The third-order valence-electron chi connectivity index (χ3n) is 2.67. The summed E-state index contributed by atoms with van der Waals surface area (Å²) in [7, 11) is 0. The molecule has 0 N–H and O–H groups in total. The lowest BCUT2D eigenvalue weighted by Gasteiger charge is -1.97. The number of thiophene rings is 1. The molecule has 0 aliphatic rings. The number of hydrogen-bond acceptors (Lipinski definition) is 4. The molecule has 0 radical (unpaired) electrons. The zero-order valence-corrected chi connectivity index (χ0v) is 12.0. The van der Waals surface area contributed by atoms with E-state index in [-0.39, 0.29) is 0 Å². The Hall–Kier alpha value is -2.20. The van der Waals surface area contributed by atoms with Gasteiger partial charge in [-0.1, -0.05) is 30.3 Å². The fourth-order valence-electron chi connectivity index (χ4n) is 1.78. The molecule has 3 aromatic rings. The first kappa shape index (κ1) is 14.2. The second-order valence-corrected chi connectivity index (χ2v) is 4.78. The predicted molar refractivity (Wildman–Crippen MR) is 82.7 cm³/mol. The van der Waals surface area contributed by atoms with E-state index in [1.807, 2.05) is 18.3 Å². The predicted octanol–water partition coefficient (Wildman–Crippen LogP) is 4.14. The molecule has 0 aliphatic heterocycles. The third-order valence-corrected chi connectivity index (χ3v) is 3.57. The second-order valence-electron chi connectivity index (χ2n) is 3.92. The summed E-state index contributed by atoms with van der Waals surface area (Å²) in [6.45, 7) is 2.66. The van der Waals surface area contributed by atoms with Crippen molar-refractivity contribution in [2.75, 3.05) is 6.61 Å². The molecule has 1 aromatic carbocycles. The molecule has 0 saturated heterocycles. The molecule has 0 unspecified atom stereocenters. The first-order chi connectivity index (χ1) is 9.86. The van der Waals surface area contributed by atoms with Crippen LogP contribution in [0.25, 0.3) is 21.3 Å². The maximum Gasteiger partial charge on any atom is 0.293 e. The number of carbonyl (C=O) groups excluding carboxylic acids is 1. The summed E-state index contributed by atoms with van der Waals surface area (Å²) in [5.41, 5.74) is 2.54. The monoisotopic (exact) mass is 285 g/mol. The minimum atomic E-state index is 0.431. The Bertz CT molecular complexity index is 664. The van der Waals surface area contributed by atoms with Gasteiger partial charge in [0.1, 0.15) is 4.83 Å². The number of hydrogen-bond donors (Lipinski definition) is 0. The Morgan fingerprint density at radius 1 is 1.20 bits per heavy atom. The largest absolute Gasteiger partial charge is 0.468 e. The van der Waals surface area contributed by atoms with Crippen LogP contribution in [0.15, 0.2) is 54.0 Å². The minimum Gasteiger partial charge on any atom is -0.468 e. The zero-order valence-electron chi connectivity index (χ0n) is 11.2. The summed E-state index contributed by atoms with van der Waals surface area (Å²) in [5.74, 6) is 0. The van der Waals surface area contributed by atoms with Gasteiger partial charge in [0.25, 0.3) is 6.47 Å². The summed E-state index contributed by atoms with van der Waals surface area (Å²) in [6.07, 6.45) is 1.84. The Balaban J connectivity index is 0.000000257. The van der Waals surface area contributed by atoms with E-state index in [9.17, 15) is 4.79 Å². The Kier molecular flexibility index (Phi) is 5.26. The van der Waals surface area contributed by atoms with Crippen molar-refractivity contribution in [3.8, 4) is 11.1 Å². The van der Waals surface area contributed by atoms with Crippen molar-refractivity contribution >= 4 is 28.0 Å². The van der Waals surface area contributed by atoms with Crippen LogP contribution in [0.2, 0.25) is 0 Å². The van der Waals surface area contributed by atoms with Crippen molar-refractivity contribution in [2.24, 2.45) is 0 Å². The third kappa shape index (κ3) is 3.42. The van der Waals surface area contributed by atoms with Gasteiger partial charge in [0.15, 0.2) is 0 Å². The number of pyridine rings is 1. The molecule has 20 heavy (non-hydrogen) atoms. The average molecular weight is 285 g/mol. The zero-order chi connectivity index (χ0) is 14.2. The van der Waals surface area contributed by atoms with Crippen LogP contribution >= 0.6 is 11.3 Å². The molecule has 4 heteroatoms. The smallest absolute Gasteiger partial charge is 0.293 e. The van der Waals surface area contributed by atoms with Crippen LogP contribution in [0, 0.1) is 0 Å². The Morgan fingerprint density at radius 3 is 2.65 bits per heavy atom. The van der Waals surface area contributed by atoms with Gasteiger partial charge in [0.05, 0.1) is 6.61 Å². The number of aromatic nitrogens is 1. The van der Waals surface area contributed by atoms with Gasteiger partial charge in [-0.05, 0) is 24.6 Å². The fraction of sp³-hybridized carbons (Fsp3) is 0.125. The molecule has 3 rings (SSSR count). The normalized spacial score (nSPS) is 9.65. The minimum absolute atomic E-state index is 0.431. The summed E-state index contributed by atoms with van der Waals surface area (Å²) < 4.78 is 4.15. The molecule has 0 amide bonds. The topological polar surface area (TPSA) is 39.2 Å². The van der Waals surface area contributed by atoms with Crippen LogP contribution in [0.4, 0.5) is 0 Å². The van der Waals surface area contributed by atoms with Gasteiger partial charge in [0, 0.05) is 22.5 Å².